The van der Waals surface area contributed by atoms with E-state index < -0.39 is 11.8 Å². The van der Waals surface area contributed by atoms with Crippen LogP contribution < -0.4 is 25.4 Å². The molecule has 4 aromatic rings. The van der Waals surface area contributed by atoms with Crippen LogP contribution in [0.15, 0.2) is 114 Å². The Labute approximate surface area is 261 Å². The molecule has 0 unspecified atom stereocenters. The molecule has 0 heterocycles. The van der Waals surface area contributed by atoms with E-state index in [1.54, 1.807) is 79.9 Å². The summed E-state index contributed by atoms with van der Waals surface area (Å²) in [6.07, 6.45) is 3.66. The Morgan fingerprint density at radius 3 is 2.23 bits per heavy atom. The predicted molar refractivity (Wildman–Crippen MR) is 176 cm³/mol. The van der Waals surface area contributed by atoms with Crippen LogP contribution >= 0.6 is 11.8 Å². The van der Waals surface area contributed by atoms with E-state index in [1.807, 2.05) is 36.4 Å². The Morgan fingerprint density at radius 1 is 0.795 bits per heavy atom. The average molecular weight is 610 g/mol. The third-order valence-electron chi connectivity index (χ3n) is 6.32. The lowest BCUT2D eigenvalue weighted by Crippen LogP contribution is -2.30. The maximum absolute atomic E-state index is 13.4. The van der Waals surface area contributed by atoms with E-state index in [4.69, 9.17) is 9.47 Å². The maximum atomic E-state index is 13.4. The molecule has 0 saturated carbocycles. The second-order valence-electron chi connectivity index (χ2n) is 9.70. The summed E-state index contributed by atoms with van der Waals surface area (Å²) in [6, 6.07) is 30.3. The number of nitrogens with one attached hydrogen (secondary N) is 3. The Hall–Kier alpha value is -5.02. The number of hydrogen-bond donors (Lipinski definition) is 3. The SMILES string of the molecule is CCCCOc1ccc(NC(=O)CSc2cccc(NC(=O)/C(=C\c3ccc(OC)cc3)NC(=O)c3ccccc3)c2)cc1. The molecule has 0 fully saturated rings. The molecular weight excluding hydrogens is 574 g/mol. The number of ether oxygens (including phenoxy) is 2. The smallest absolute Gasteiger partial charge is 0.272 e. The molecule has 44 heavy (non-hydrogen) atoms. The molecule has 0 bridgehead atoms. The first-order chi connectivity index (χ1) is 21.4. The van der Waals surface area contributed by atoms with E-state index in [1.165, 1.54) is 11.8 Å². The molecular formula is C35H35N3O5S. The second kappa shape index (κ2) is 16.6. The zero-order valence-corrected chi connectivity index (χ0v) is 25.5. The highest BCUT2D eigenvalue weighted by Crippen LogP contribution is 2.23. The first-order valence-electron chi connectivity index (χ1n) is 14.2. The summed E-state index contributed by atoms with van der Waals surface area (Å²) in [5.41, 5.74) is 2.41. The van der Waals surface area contributed by atoms with Gasteiger partial charge >= 0.3 is 0 Å². The molecule has 3 amide bonds. The molecule has 0 spiro atoms. The molecule has 9 heteroatoms. The van der Waals surface area contributed by atoms with Crippen molar-refractivity contribution in [1.82, 2.24) is 5.32 Å². The standard InChI is InChI=1S/C35H35N3O5S/c1-3-4-21-43-30-19-15-27(16-20-30)36-33(39)24-44-31-12-8-11-28(23-31)37-35(41)32(22-25-13-17-29(42-2)18-14-25)38-34(40)26-9-6-5-7-10-26/h5-20,22-23H,3-4,21,24H2,1-2H3,(H,36,39)(H,37,41)(H,38,40)/b32-22+. The highest BCUT2D eigenvalue weighted by molar-refractivity contribution is 8.00. The van der Waals surface area contributed by atoms with Gasteiger partial charge in [-0.2, -0.15) is 0 Å². The van der Waals surface area contributed by atoms with Crippen molar-refractivity contribution in [3.63, 3.8) is 0 Å². The van der Waals surface area contributed by atoms with Crippen LogP contribution in [0.2, 0.25) is 0 Å². The lowest BCUT2D eigenvalue weighted by Gasteiger charge is -2.12. The number of methoxy groups -OCH3 is 1. The molecule has 226 valence electrons. The fourth-order valence-electron chi connectivity index (χ4n) is 3.99. The number of benzene rings is 4. The third kappa shape index (κ3) is 10.1. The first kappa shape index (κ1) is 31.9. The van der Waals surface area contributed by atoms with Crippen LogP contribution in [-0.2, 0) is 9.59 Å². The van der Waals surface area contributed by atoms with Crippen molar-refractivity contribution in [3.8, 4) is 11.5 Å². The minimum Gasteiger partial charge on any atom is -0.497 e. The van der Waals surface area contributed by atoms with Gasteiger partial charge in [0.2, 0.25) is 5.91 Å². The van der Waals surface area contributed by atoms with Crippen LogP contribution in [0, 0.1) is 0 Å². The second-order valence-corrected chi connectivity index (χ2v) is 10.7. The monoisotopic (exact) mass is 609 g/mol. The number of thioether (sulfide) groups is 1. The third-order valence-corrected chi connectivity index (χ3v) is 7.32. The summed E-state index contributed by atoms with van der Waals surface area (Å²) in [5, 5.41) is 8.49. The van der Waals surface area contributed by atoms with E-state index in [2.05, 4.69) is 22.9 Å². The van der Waals surface area contributed by atoms with Gasteiger partial charge in [-0.3, -0.25) is 14.4 Å². The van der Waals surface area contributed by atoms with Crippen molar-refractivity contribution >= 4 is 46.9 Å². The number of anilines is 2. The Balaban J connectivity index is 1.38. The Morgan fingerprint density at radius 2 is 1.52 bits per heavy atom. The van der Waals surface area contributed by atoms with Crippen LogP contribution in [0.25, 0.3) is 6.08 Å². The van der Waals surface area contributed by atoms with Gasteiger partial charge in [-0.05, 0) is 84.8 Å². The van der Waals surface area contributed by atoms with Crippen molar-refractivity contribution < 1.29 is 23.9 Å². The number of unbranched alkanes of at least 4 members (excludes halogenated alkanes) is 1. The van der Waals surface area contributed by atoms with Gasteiger partial charge in [0.15, 0.2) is 0 Å². The van der Waals surface area contributed by atoms with E-state index in [0.29, 0.717) is 34.9 Å². The quantitative estimate of drug-likeness (QED) is 0.0807. The Kier molecular flexibility index (Phi) is 12.0. The number of hydrogen-bond acceptors (Lipinski definition) is 6. The van der Waals surface area contributed by atoms with Crippen LogP contribution in [-0.4, -0.2) is 37.2 Å². The first-order valence-corrected chi connectivity index (χ1v) is 15.2. The summed E-state index contributed by atoms with van der Waals surface area (Å²) in [4.78, 5) is 39.7. The topological polar surface area (TPSA) is 106 Å². The molecule has 0 aliphatic rings. The molecule has 4 aromatic carbocycles. The van der Waals surface area contributed by atoms with Gasteiger partial charge in [-0.25, -0.2) is 0 Å². The minimum absolute atomic E-state index is 0.0724. The molecule has 0 aromatic heterocycles. The van der Waals surface area contributed by atoms with Gasteiger partial charge in [0.25, 0.3) is 11.8 Å². The van der Waals surface area contributed by atoms with E-state index in [-0.39, 0.29) is 17.4 Å². The van der Waals surface area contributed by atoms with Crippen molar-refractivity contribution in [2.45, 2.75) is 24.7 Å². The van der Waals surface area contributed by atoms with Crippen LogP contribution in [0.3, 0.4) is 0 Å². The Bertz CT molecular complexity index is 1570. The molecule has 0 aliphatic carbocycles. The number of carbonyl (C=O) groups is 3. The van der Waals surface area contributed by atoms with Crippen LogP contribution in [0.4, 0.5) is 11.4 Å². The lowest BCUT2D eigenvalue weighted by molar-refractivity contribution is -0.114. The highest BCUT2D eigenvalue weighted by Gasteiger charge is 2.16. The molecule has 4 rings (SSSR count). The van der Waals surface area contributed by atoms with E-state index >= 15 is 0 Å². The molecule has 0 saturated heterocycles. The van der Waals surface area contributed by atoms with E-state index in [9.17, 15) is 14.4 Å². The van der Waals surface area contributed by atoms with Gasteiger partial charge in [0.1, 0.15) is 17.2 Å². The van der Waals surface area contributed by atoms with Gasteiger partial charge in [-0.1, -0.05) is 49.7 Å². The summed E-state index contributed by atoms with van der Waals surface area (Å²) < 4.78 is 10.9. The zero-order chi connectivity index (χ0) is 31.1. The summed E-state index contributed by atoms with van der Waals surface area (Å²) >= 11 is 1.34. The van der Waals surface area contributed by atoms with Crippen molar-refractivity contribution in [2.75, 3.05) is 30.1 Å². The maximum Gasteiger partial charge on any atom is 0.272 e. The molecule has 0 radical (unpaired) electrons. The average Bonchev–Trinajstić information content (AvgIpc) is 3.05. The van der Waals surface area contributed by atoms with Crippen molar-refractivity contribution in [1.29, 1.82) is 0 Å². The normalized spacial score (nSPS) is 10.9. The van der Waals surface area contributed by atoms with E-state index in [0.717, 1.165) is 23.5 Å². The number of amides is 3. The van der Waals surface area contributed by atoms with Crippen molar-refractivity contribution in [3.05, 3.63) is 120 Å². The minimum atomic E-state index is -0.493. The van der Waals surface area contributed by atoms with Gasteiger partial charge in [0, 0.05) is 21.8 Å². The summed E-state index contributed by atoms with van der Waals surface area (Å²) in [5.74, 6) is 0.571. The van der Waals surface area contributed by atoms with Gasteiger partial charge in [-0.15, -0.1) is 11.8 Å². The summed E-state index contributed by atoms with van der Waals surface area (Å²) in [7, 11) is 1.58. The van der Waals surface area contributed by atoms with Crippen LogP contribution in [0.5, 0.6) is 11.5 Å². The molecule has 0 atom stereocenters. The predicted octanol–water partition coefficient (Wildman–Crippen LogP) is 7.01. The number of carbonyl (C=O) groups excluding carboxylic acids is 3. The molecule has 0 aliphatic heterocycles. The molecule has 8 nitrogen and oxygen atoms in total. The highest BCUT2D eigenvalue weighted by atomic mass is 32.2. The molecule has 3 N–H and O–H groups in total. The summed E-state index contributed by atoms with van der Waals surface area (Å²) in [6.45, 7) is 2.78. The lowest BCUT2D eigenvalue weighted by atomic mass is 10.1. The van der Waals surface area contributed by atoms with Gasteiger partial charge < -0.3 is 25.4 Å². The van der Waals surface area contributed by atoms with Gasteiger partial charge in [0.05, 0.1) is 19.5 Å². The zero-order valence-electron chi connectivity index (χ0n) is 24.7. The fourth-order valence-corrected chi connectivity index (χ4v) is 4.74. The van der Waals surface area contributed by atoms with Crippen molar-refractivity contribution in [2.24, 2.45) is 0 Å². The van der Waals surface area contributed by atoms with Crippen LogP contribution in [0.1, 0.15) is 35.7 Å². The number of rotatable bonds is 14. The fraction of sp³-hybridized carbons (Fsp3) is 0.171. The largest absolute Gasteiger partial charge is 0.497 e.